The number of carbonyl (C=O) groups excluding carboxylic acids is 2. The summed E-state index contributed by atoms with van der Waals surface area (Å²) in [7, 11) is 0. The highest BCUT2D eigenvalue weighted by Crippen LogP contribution is 2.42. The van der Waals surface area contributed by atoms with Gasteiger partial charge in [0.05, 0.1) is 5.56 Å². The Labute approximate surface area is 147 Å². The highest BCUT2D eigenvalue weighted by molar-refractivity contribution is 7.12. The Balaban J connectivity index is 1.64. The van der Waals surface area contributed by atoms with Gasteiger partial charge in [0, 0.05) is 34.7 Å². The molecular formula is C19H26N2O2S. The van der Waals surface area contributed by atoms with Gasteiger partial charge in [-0.15, -0.1) is 11.3 Å². The molecule has 1 amide bonds. The summed E-state index contributed by atoms with van der Waals surface area (Å²) in [5.74, 6) is 1.41. The van der Waals surface area contributed by atoms with E-state index in [4.69, 9.17) is 5.73 Å². The molecule has 0 bridgehead atoms. The number of ketones is 1. The van der Waals surface area contributed by atoms with Crippen LogP contribution in [-0.2, 0) is 17.6 Å². The van der Waals surface area contributed by atoms with Crippen molar-refractivity contribution in [2.45, 2.75) is 63.8 Å². The lowest BCUT2D eigenvalue weighted by Gasteiger charge is -2.27. The number of fused-ring (bicyclic) bond motifs is 1. The smallest absolute Gasteiger partial charge is 0.252 e. The molecule has 3 aliphatic rings. The van der Waals surface area contributed by atoms with E-state index >= 15 is 0 Å². The zero-order chi connectivity index (χ0) is 16.8. The van der Waals surface area contributed by atoms with E-state index in [1.165, 1.54) is 17.7 Å². The van der Waals surface area contributed by atoms with Crippen LogP contribution in [0.5, 0.6) is 0 Å². The summed E-state index contributed by atoms with van der Waals surface area (Å²) >= 11 is 1.68. The highest BCUT2D eigenvalue weighted by atomic mass is 32.1. The van der Waals surface area contributed by atoms with Crippen LogP contribution in [0.1, 0.15) is 70.6 Å². The lowest BCUT2D eigenvalue weighted by molar-refractivity contribution is -0.119. The van der Waals surface area contributed by atoms with Crippen molar-refractivity contribution in [3.63, 3.8) is 0 Å². The van der Waals surface area contributed by atoms with Crippen LogP contribution in [0.15, 0.2) is 0 Å². The predicted molar refractivity (Wildman–Crippen MR) is 95.5 cm³/mol. The molecule has 130 valence electrons. The summed E-state index contributed by atoms with van der Waals surface area (Å²) in [6, 6.07) is 0.106. The number of aryl methyl sites for hydroxylation is 1. The largest absolute Gasteiger partial charge is 0.352 e. The third kappa shape index (κ3) is 3.16. The van der Waals surface area contributed by atoms with Gasteiger partial charge in [0.25, 0.3) is 5.91 Å². The second-order valence-electron chi connectivity index (χ2n) is 7.80. The standard InChI is InChI=1S/C19H26N2O2S/c1-10-13(20)6-7-15-17(10)18(19(23)21-9-11-2-3-11)16(24-15)8-14(22)12-4-5-12/h10-13H,2-9,20H2,1H3,(H,21,23)/t10-,13-/m1/s1. The van der Waals surface area contributed by atoms with Crippen molar-refractivity contribution in [3.05, 3.63) is 20.9 Å². The number of hydrogen-bond donors (Lipinski definition) is 2. The van der Waals surface area contributed by atoms with Crippen LogP contribution >= 0.6 is 11.3 Å². The first-order valence-electron chi connectivity index (χ1n) is 9.25. The number of Topliss-reactive ketones (excluding diaryl/α,β-unsaturated/α-hetero) is 1. The van der Waals surface area contributed by atoms with Crippen molar-refractivity contribution in [1.29, 1.82) is 0 Å². The highest BCUT2D eigenvalue weighted by Gasteiger charge is 2.36. The van der Waals surface area contributed by atoms with E-state index in [1.54, 1.807) is 11.3 Å². The molecule has 0 unspecified atom stereocenters. The van der Waals surface area contributed by atoms with Gasteiger partial charge in [-0.3, -0.25) is 9.59 Å². The molecule has 0 radical (unpaired) electrons. The Morgan fingerprint density at radius 1 is 1.21 bits per heavy atom. The number of rotatable bonds is 6. The SMILES string of the molecule is C[C@H]1c2c(sc(CC(=O)C3CC3)c2C(=O)NCC2CC2)CC[C@H]1N. The van der Waals surface area contributed by atoms with Gasteiger partial charge in [-0.2, -0.15) is 0 Å². The maximum Gasteiger partial charge on any atom is 0.252 e. The minimum absolute atomic E-state index is 0.0129. The van der Waals surface area contributed by atoms with E-state index in [0.717, 1.165) is 48.2 Å². The van der Waals surface area contributed by atoms with Crippen LogP contribution in [0.25, 0.3) is 0 Å². The summed E-state index contributed by atoms with van der Waals surface area (Å²) in [5, 5.41) is 3.11. The van der Waals surface area contributed by atoms with Crippen LogP contribution in [0, 0.1) is 11.8 Å². The quantitative estimate of drug-likeness (QED) is 0.832. The van der Waals surface area contributed by atoms with Crippen molar-refractivity contribution in [3.8, 4) is 0 Å². The van der Waals surface area contributed by atoms with Crippen LogP contribution in [0.3, 0.4) is 0 Å². The van der Waals surface area contributed by atoms with Crippen LogP contribution in [0.4, 0.5) is 0 Å². The first-order valence-corrected chi connectivity index (χ1v) is 10.1. The molecule has 4 rings (SSSR count). The van der Waals surface area contributed by atoms with Crippen molar-refractivity contribution in [2.24, 2.45) is 17.6 Å². The Bertz CT molecular complexity index is 673. The number of hydrogen-bond acceptors (Lipinski definition) is 4. The molecule has 3 aliphatic carbocycles. The Morgan fingerprint density at radius 3 is 2.62 bits per heavy atom. The van der Waals surface area contributed by atoms with Gasteiger partial charge in [0.15, 0.2) is 0 Å². The predicted octanol–water partition coefficient (Wildman–Crippen LogP) is 2.79. The van der Waals surface area contributed by atoms with E-state index in [0.29, 0.717) is 18.1 Å². The molecule has 1 aromatic heterocycles. The fraction of sp³-hybridized carbons (Fsp3) is 0.684. The molecule has 2 fully saturated rings. The second-order valence-corrected chi connectivity index (χ2v) is 8.99. The van der Waals surface area contributed by atoms with Gasteiger partial charge in [-0.05, 0) is 55.9 Å². The zero-order valence-corrected chi connectivity index (χ0v) is 15.1. The van der Waals surface area contributed by atoms with Gasteiger partial charge in [-0.1, -0.05) is 6.92 Å². The van der Waals surface area contributed by atoms with Gasteiger partial charge < -0.3 is 11.1 Å². The molecule has 24 heavy (non-hydrogen) atoms. The monoisotopic (exact) mass is 346 g/mol. The molecule has 4 nitrogen and oxygen atoms in total. The lowest BCUT2D eigenvalue weighted by Crippen LogP contribution is -2.33. The second kappa shape index (κ2) is 6.26. The molecule has 0 spiro atoms. The normalized spacial score (nSPS) is 26.1. The lowest BCUT2D eigenvalue weighted by atomic mass is 9.82. The van der Waals surface area contributed by atoms with E-state index in [9.17, 15) is 9.59 Å². The molecule has 1 aromatic rings. The number of amides is 1. The average molecular weight is 346 g/mol. The minimum atomic E-state index is 0.0129. The maximum absolute atomic E-state index is 12.9. The van der Waals surface area contributed by atoms with E-state index in [1.807, 2.05) is 0 Å². The molecule has 3 N–H and O–H groups in total. The van der Waals surface area contributed by atoms with E-state index in [2.05, 4.69) is 12.2 Å². The van der Waals surface area contributed by atoms with Crippen molar-refractivity contribution >= 4 is 23.0 Å². The number of nitrogens with one attached hydrogen (secondary N) is 1. The molecule has 0 saturated heterocycles. The third-order valence-corrected chi connectivity index (χ3v) is 7.01. The van der Waals surface area contributed by atoms with Gasteiger partial charge in [0.1, 0.15) is 5.78 Å². The molecule has 0 aromatic carbocycles. The van der Waals surface area contributed by atoms with Gasteiger partial charge >= 0.3 is 0 Å². The zero-order valence-electron chi connectivity index (χ0n) is 14.3. The van der Waals surface area contributed by atoms with Crippen LogP contribution < -0.4 is 11.1 Å². The molecule has 5 heteroatoms. The first kappa shape index (κ1) is 16.3. The number of carbonyl (C=O) groups is 2. The molecular weight excluding hydrogens is 320 g/mol. The van der Waals surface area contributed by atoms with Crippen molar-refractivity contribution in [1.82, 2.24) is 5.32 Å². The number of nitrogens with two attached hydrogens (primary N) is 1. The summed E-state index contributed by atoms with van der Waals surface area (Å²) in [5.41, 5.74) is 8.18. The average Bonchev–Trinajstić information content (AvgIpc) is 3.45. The summed E-state index contributed by atoms with van der Waals surface area (Å²) in [6.45, 7) is 2.89. The van der Waals surface area contributed by atoms with Gasteiger partial charge in [0.2, 0.25) is 0 Å². The Kier molecular flexibility index (Phi) is 4.25. The summed E-state index contributed by atoms with van der Waals surface area (Å²) in [6.07, 6.45) is 6.81. The van der Waals surface area contributed by atoms with E-state index < -0.39 is 0 Å². The summed E-state index contributed by atoms with van der Waals surface area (Å²) in [4.78, 5) is 27.5. The molecule has 2 atom stereocenters. The van der Waals surface area contributed by atoms with Crippen molar-refractivity contribution < 1.29 is 9.59 Å². The minimum Gasteiger partial charge on any atom is -0.352 e. The first-order chi connectivity index (χ1) is 11.5. The third-order valence-electron chi connectivity index (χ3n) is 5.74. The number of thiophene rings is 1. The van der Waals surface area contributed by atoms with Crippen molar-refractivity contribution in [2.75, 3.05) is 6.54 Å². The fourth-order valence-electron chi connectivity index (χ4n) is 3.70. The fourth-order valence-corrected chi connectivity index (χ4v) is 5.14. The van der Waals surface area contributed by atoms with Crippen LogP contribution in [-0.4, -0.2) is 24.3 Å². The topological polar surface area (TPSA) is 72.2 Å². The van der Waals surface area contributed by atoms with Crippen LogP contribution in [0.2, 0.25) is 0 Å². The Hall–Kier alpha value is -1.20. The molecule has 1 heterocycles. The Morgan fingerprint density at radius 2 is 1.96 bits per heavy atom. The molecule has 2 saturated carbocycles. The van der Waals surface area contributed by atoms with Gasteiger partial charge in [-0.25, -0.2) is 0 Å². The summed E-state index contributed by atoms with van der Waals surface area (Å²) < 4.78 is 0. The maximum atomic E-state index is 12.9. The molecule has 0 aliphatic heterocycles. The van der Waals surface area contributed by atoms with E-state index in [-0.39, 0.29) is 23.8 Å².